The fraction of sp³-hybridized carbons (Fsp3) is 0.278. The molecule has 4 heterocycles. The van der Waals surface area contributed by atoms with Crippen LogP contribution in [0, 0.1) is 6.92 Å². The molecule has 1 fully saturated rings. The molecule has 1 aliphatic heterocycles. The molecule has 3 aromatic heterocycles. The molecule has 0 saturated carbocycles. The Morgan fingerprint density at radius 3 is 2.96 bits per heavy atom. The van der Waals surface area contributed by atoms with Gasteiger partial charge in [-0.15, -0.1) is 11.3 Å². The molecule has 2 N–H and O–H groups in total. The molecule has 0 bridgehead atoms. The number of pyridine rings is 1. The summed E-state index contributed by atoms with van der Waals surface area (Å²) in [4.78, 5) is 26.4. The molecule has 6 nitrogen and oxygen atoms in total. The van der Waals surface area contributed by atoms with Gasteiger partial charge in [0.2, 0.25) is 0 Å². The highest BCUT2D eigenvalue weighted by atomic mass is 32.1. The van der Waals surface area contributed by atoms with E-state index in [1.54, 1.807) is 23.7 Å². The van der Waals surface area contributed by atoms with Gasteiger partial charge in [0.15, 0.2) is 0 Å². The maximum absolute atomic E-state index is 12.9. The summed E-state index contributed by atoms with van der Waals surface area (Å²) in [5, 5.41) is 6.50. The minimum absolute atomic E-state index is 0.0266. The van der Waals surface area contributed by atoms with Gasteiger partial charge in [-0.1, -0.05) is 0 Å². The lowest BCUT2D eigenvalue weighted by Gasteiger charge is -2.33. The van der Waals surface area contributed by atoms with Crippen LogP contribution in [0.15, 0.2) is 42.2 Å². The molecule has 1 unspecified atom stereocenters. The first-order valence-electron chi connectivity index (χ1n) is 8.24. The Morgan fingerprint density at radius 2 is 2.20 bits per heavy atom. The monoisotopic (exact) mass is 353 g/mol. The minimum Gasteiger partial charge on any atom is -0.357 e. The van der Waals surface area contributed by atoms with Crippen LogP contribution < -0.4 is 5.32 Å². The zero-order valence-corrected chi connectivity index (χ0v) is 14.7. The van der Waals surface area contributed by atoms with E-state index in [4.69, 9.17) is 0 Å². The SMILES string of the molecule is Cc1nc(-c2c[nH]c(C(=O)N3CCNC(c4ccncc4)C3)c2)cs1. The molecule has 4 rings (SSSR count). The number of carbonyl (C=O) groups is 1. The van der Waals surface area contributed by atoms with E-state index in [1.807, 2.05) is 41.6 Å². The lowest BCUT2D eigenvalue weighted by atomic mass is 10.1. The van der Waals surface area contributed by atoms with E-state index in [0.717, 1.165) is 28.4 Å². The smallest absolute Gasteiger partial charge is 0.270 e. The van der Waals surface area contributed by atoms with E-state index in [2.05, 4.69) is 20.3 Å². The van der Waals surface area contributed by atoms with Crippen molar-refractivity contribution in [3.8, 4) is 11.3 Å². The summed E-state index contributed by atoms with van der Waals surface area (Å²) in [7, 11) is 0. The van der Waals surface area contributed by atoms with Crippen molar-refractivity contribution in [2.45, 2.75) is 13.0 Å². The fourth-order valence-electron chi connectivity index (χ4n) is 3.09. The maximum atomic E-state index is 12.9. The summed E-state index contributed by atoms with van der Waals surface area (Å²) in [5.74, 6) is 0.0266. The van der Waals surface area contributed by atoms with Crippen molar-refractivity contribution < 1.29 is 4.79 Å². The van der Waals surface area contributed by atoms with Gasteiger partial charge in [-0.05, 0) is 30.7 Å². The topological polar surface area (TPSA) is 73.9 Å². The fourth-order valence-corrected chi connectivity index (χ4v) is 3.71. The van der Waals surface area contributed by atoms with Crippen molar-refractivity contribution in [1.29, 1.82) is 0 Å². The average Bonchev–Trinajstić information content (AvgIpc) is 3.31. The third-order valence-electron chi connectivity index (χ3n) is 4.40. The van der Waals surface area contributed by atoms with E-state index in [1.165, 1.54) is 0 Å². The molecule has 1 saturated heterocycles. The Kier molecular flexibility index (Phi) is 4.33. The summed E-state index contributed by atoms with van der Waals surface area (Å²) in [6.45, 7) is 4.10. The van der Waals surface area contributed by atoms with Gasteiger partial charge < -0.3 is 15.2 Å². The summed E-state index contributed by atoms with van der Waals surface area (Å²) in [6, 6.07) is 6.00. The minimum atomic E-state index is 0.0266. The van der Waals surface area contributed by atoms with Gasteiger partial charge in [-0.2, -0.15) is 0 Å². The molecular weight excluding hydrogens is 334 g/mol. The second-order valence-corrected chi connectivity index (χ2v) is 7.15. The molecule has 128 valence electrons. The molecule has 0 radical (unpaired) electrons. The molecule has 25 heavy (non-hydrogen) atoms. The Balaban J connectivity index is 1.50. The molecule has 0 spiro atoms. The van der Waals surface area contributed by atoms with Gasteiger partial charge in [0.25, 0.3) is 5.91 Å². The first-order chi connectivity index (χ1) is 12.2. The quantitative estimate of drug-likeness (QED) is 0.759. The van der Waals surface area contributed by atoms with Gasteiger partial charge in [0.05, 0.1) is 16.7 Å². The number of piperazine rings is 1. The van der Waals surface area contributed by atoms with Crippen LogP contribution in [0.4, 0.5) is 0 Å². The highest BCUT2D eigenvalue weighted by molar-refractivity contribution is 7.09. The van der Waals surface area contributed by atoms with E-state index in [9.17, 15) is 4.79 Å². The van der Waals surface area contributed by atoms with Crippen molar-refractivity contribution >= 4 is 17.2 Å². The highest BCUT2D eigenvalue weighted by Gasteiger charge is 2.26. The third-order valence-corrected chi connectivity index (χ3v) is 5.17. The molecule has 1 aliphatic rings. The summed E-state index contributed by atoms with van der Waals surface area (Å²) >= 11 is 1.61. The first-order valence-corrected chi connectivity index (χ1v) is 9.12. The van der Waals surface area contributed by atoms with Crippen LogP contribution in [0.2, 0.25) is 0 Å². The Bertz CT molecular complexity index is 872. The van der Waals surface area contributed by atoms with Crippen molar-refractivity contribution in [2.75, 3.05) is 19.6 Å². The summed E-state index contributed by atoms with van der Waals surface area (Å²) in [6.07, 6.45) is 5.42. The van der Waals surface area contributed by atoms with Crippen molar-refractivity contribution in [2.24, 2.45) is 0 Å². The van der Waals surface area contributed by atoms with Crippen LogP contribution >= 0.6 is 11.3 Å². The predicted octanol–water partition coefficient (Wildman–Crippen LogP) is 2.63. The molecule has 3 aromatic rings. The number of amides is 1. The Morgan fingerprint density at radius 1 is 1.36 bits per heavy atom. The van der Waals surface area contributed by atoms with Crippen LogP contribution in [0.25, 0.3) is 11.3 Å². The van der Waals surface area contributed by atoms with E-state index >= 15 is 0 Å². The zero-order chi connectivity index (χ0) is 17.2. The van der Waals surface area contributed by atoms with Gasteiger partial charge in [-0.3, -0.25) is 9.78 Å². The maximum Gasteiger partial charge on any atom is 0.270 e. The van der Waals surface area contributed by atoms with E-state index in [0.29, 0.717) is 18.8 Å². The second-order valence-electron chi connectivity index (χ2n) is 6.09. The Hall–Kier alpha value is -2.51. The summed E-state index contributed by atoms with van der Waals surface area (Å²) < 4.78 is 0. The number of nitrogens with zero attached hydrogens (tertiary/aromatic N) is 3. The molecule has 0 aliphatic carbocycles. The van der Waals surface area contributed by atoms with Crippen LogP contribution in [-0.2, 0) is 0 Å². The molecule has 1 atom stereocenters. The normalized spacial score (nSPS) is 17.6. The third kappa shape index (κ3) is 3.33. The number of nitrogens with one attached hydrogen (secondary N) is 2. The molecule has 7 heteroatoms. The van der Waals surface area contributed by atoms with Crippen molar-refractivity contribution in [3.05, 3.63) is 58.4 Å². The highest BCUT2D eigenvalue weighted by Crippen LogP contribution is 2.24. The number of carbonyl (C=O) groups excluding carboxylic acids is 1. The van der Waals surface area contributed by atoms with Crippen LogP contribution in [0.3, 0.4) is 0 Å². The van der Waals surface area contributed by atoms with Crippen LogP contribution in [-0.4, -0.2) is 45.4 Å². The zero-order valence-electron chi connectivity index (χ0n) is 13.9. The molecule has 1 amide bonds. The van der Waals surface area contributed by atoms with Crippen molar-refractivity contribution in [3.63, 3.8) is 0 Å². The number of H-pyrrole nitrogens is 1. The number of hydrogen-bond donors (Lipinski definition) is 2. The van der Waals surface area contributed by atoms with Gasteiger partial charge in [0, 0.05) is 49.2 Å². The lowest BCUT2D eigenvalue weighted by Crippen LogP contribution is -2.48. The van der Waals surface area contributed by atoms with E-state index < -0.39 is 0 Å². The second kappa shape index (κ2) is 6.78. The van der Waals surface area contributed by atoms with Crippen molar-refractivity contribution in [1.82, 2.24) is 25.2 Å². The number of rotatable bonds is 3. The standard InChI is InChI=1S/C18H19N5OS/c1-12-22-17(11-25-12)14-8-15(21-9-14)18(24)23-7-6-20-16(10-23)13-2-4-19-5-3-13/h2-5,8-9,11,16,20-21H,6-7,10H2,1H3. The summed E-state index contributed by atoms with van der Waals surface area (Å²) in [5.41, 5.74) is 3.62. The number of thiazole rings is 1. The van der Waals surface area contributed by atoms with E-state index in [-0.39, 0.29) is 11.9 Å². The number of aromatic nitrogens is 3. The predicted molar refractivity (Wildman–Crippen MR) is 97.5 cm³/mol. The van der Waals surface area contributed by atoms with Gasteiger partial charge in [0.1, 0.15) is 5.69 Å². The number of hydrogen-bond acceptors (Lipinski definition) is 5. The molecule has 0 aromatic carbocycles. The first kappa shape index (κ1) is 16.0. The van der Waals surface area contributed by atoms with Crippen LogP contribution in [0.5, 0.6) is 0 Å². The van der Waals surface area contributed by atoms with Gasteiger partial charge in [-0.25, -0.2) is 4.98 Å². The largest absolute Gasteiger partial charge is 0.357 e. The number of aromatic amines is 1. The van der Waals surface area contributed by atoms with Crippen LogP contribution in [0.1, 0.15) is 27.1 Å². The molecular formula is C18H19N5OS. The van der Waals surface area contributed by atoms with Gasteiger partial charge >= 0.3 is 0 Å². The Labute approximate surface area is 149 Å². The lowest BCUT2D eigenvalue weighted by molar-refractivity contribution is 0.0697. The number of aryl methyl sites for hydroxylation is 1. The average molecular weight is 353 g/mol.